The summed E-state index contributed by atoms with van der Waals surface area (Å²) in [4.78, 5) is 0. The first-order valence-electron chi connectivity index (χ1n) is 5.69. The number of hydrogen-bond donors (Lipinski definition) is 2. The molecule has 0 radical (unpaired) electrons. The molecule has 94 valence electrons. The Balaban J connectivity index is 2.19. The lowest BCUT2D eigenvalue weighted by molar-refractivity contribution is 0.482. The molecule has 1 fully saturated rings. The topological polar surface area (TPSA) is 75.4 Å². The van der Waals surface area contributed by atoms with E-state index in [1.165, 1.54) is 4.31 Å². The van der Waals surface area contributed by atoms with Crippen molar-refractivity contribution in [3.05, 3.63) is 29.8 Å². The highest BCUT2D eigenvalue weighted by Gasteiger charge is 2.25. The SMILES string of the molecule is NCc1ccccc1NS(=O)(=O)N1CCCC1. The second-order valence-electron chi connectivity index (χ2n) is 4.07. The molecule has 1 saturated heterocycles. The van der Waals surface area contributed by atoms with Crippen LogP contribution in [0, 0.1) is 0 Å². The van der Waals surface area contributed by atoms with Gasteiger partial charge < -0.3 is 5.73 Å². The van der Waals surface area contributed by atoms with Gasteiger partial charge in [-0.1, -0.05) is 18.2 Å². The first kappa shape index (κ1) is 12.3. The molecule has 2 rings (SSSR count). The predicted octanol–water partition coefficient (Wildman–Crippen LogP) is 0.898. The van der Waals surface area contributed by atoms with Gasteiger partial charge in [-0.15, -0.1) is 0 Å². The van der Waals surface area contributed by atoms with E-state index < -0.39 is 10.2 Å². The maximum Gasteiger partial charge on any atom is 0.301 e. The van der Waals surface area contributed by atoms with Crippen LogP contribution < -0.4 is 10.5 Å². The Bertz CT molecular complexity index is 481. The summed E-state index contributed by atoms with van der Waals surface area (Å²) in [6.45, 7) is 1.51. The van der Waals surface area contributed by atoms with Crippen LogP contribution in [0.3, 0.4) is 0 Å². The lowest BCUT2D eigenvalue weighted by Crippen LogP contribution is -2.33. The number of nitrogens with two attached hydrogens (primary N) is 1. The minimum atomic E-state index is -3.42. The standard InChI is InChI=1S/C11H17N3O2S/c12-9-10-5-1-2-6-11(10)13-17(15,16)14-7-3-4-8-14/h1-2,5-6,13H,3-4,7-9,12H2. The minimum Gasteiger partial charge on any atom is -0.326 e. The number of benzene rings is 1. The second kappa shape index (κ2) is 5.03. The molecule has 0 unspecified atom stereocenters. The molecule has 0 saturated carbocycles. The smallest absolute Gasteiger partial charge is 0.301 e. The van der Waals surface area contributed by atoms with Gasteiger partial charge in [0.25, 0.3) is 0 Å². The summed E-state index contributed by atoms with van der Waals surface area (Å²) in [7, 11) is -3.42. The third kappa shape index (κ3) is 2.77. The number of nitrogens with one attached hydrogen (secondary N) is 1. The summed E-state index contributed by atoms with van der Waals surface area (Å²) in [5.74, 6) is 0. The van der Waals surface area contributed by atoms with Gasteiger partial charge in [-0.3, -0.25) is 4.72 Å². The summed E-state index contributed by atoms with van der Waals surface area (Å²) in [6.07, 6.45) is 1.86. The van der Waals surface area contributed by atoms with Crippen molar-refractivity contribution in [3.8, 4) is 0 Å². The molecule has 1 aromatic carbocycles. The molecular weight excluding hydrogens is 238 g/mol. The van der Waals surface area contributed by atoms with Crippen molar-refractivity contribution in [1.29, 1.82) is 0 Å². The quantitative estimate of drug-likeness (QED) is 0.839. The van der Waals surface area contributed by atoms with Gasteiger partial charge >= 0.3 is 10.2 Å². The van der Waals surface area contributed by atoms with Crippen LogP contribution in [-0.4, -0.2) is 25.8 Å². The zero-order chi connectivity index (χ0) is 12.3. The Morgan fingerprint density at radius 1 is 1.24 bits per heavy atom. The summed E-state index contributed by atoms with van der Waals surface area (Å²) in [5, 5.41) is 0. The van der Waals surface area contributed by atoms with E-state index in [0.717, 1.165) is 18.4 Å². The van der Waals surface area contributed by atoms with Crippen molar-refractivity contribution in [2.45, 2.75) is 19.4 Å². The van der Waals surface area contributed by atoms with Gasteiger partial charge in [0.15, 0.2) is 0 Å². The molecule has 3 N–H and O–H groups in total. The van der Waals surface area contributed by atoms with Crippen LogP contribution in [-0.2, 0) is 16.8 Å². The molecule has 0 bridgehead atoms. The van der Waals surface area contributed by atoms with E-state index in [-0.39, 0.29) is 0 Å². The number of nitrogens with zero attached hydrogens (tertiary/aromatic N) is 1. The van der Waals surface area contributed by atoms with Gasteiger partial charge in [-0.05, 0) is 24.5 Å². The van der Waals surface area contributed by atoms with Crippen molar-refractivity contribution in [1.82, 2.24) is 4.31 Å². The van der Waals surface area contributed by atoms with E-state index in [2.05, 4.69) is 4.72 Å². The van der Waals surface area contributed by atoms with E-state index in [9.17, 15) is 8.42 Å². The Morgan fingerprint density at radius 3 is 2.53 bits per heavy atom. The molecule has 0 aliphatic carbocycles. The summed E-state index contributed by atoms with van der Waals surface area (Å²) >= 11 is 0. The molecule has 0 atom stereocenters. The molecule has 5 nitrogen and oxygen atoms in total. The maximum atomic E-state index is 12.0. The summed E-state index contributed by atoms with van der Waals surface area (Å²) in [6, 6.07) is 7.19. The highest BCUT2D eigenvalue weighted by Crippen LogP contribution is 2.19. The number of anilines is 1. The van der Waals surface area contributed by atoms with Crippen molar-refractivity contribution >= 4 is 15.9 Å². The van der Waals surface area contributed by atoms with Crippen LogP contribution in [0.15, 0.2) is 24.3 Å². The summed E-state index contributed by atoms with van der Waals surface area (Å²) < 4.78 is 28.2. The zero-order valence-electron chi connectivity index (χ0n) is 9.59. The number of para-hydroxylation sites is 1. The van der Waals surface area contributed by atoms with E-state index >= 15 is 0 Å². The fraction of sp³-hybridized carbons (Fsp3) is 0.455. The molecule has 6 heteroatoms. The van der Waals surface area contributed by atoms with Crippen LogP contribution in [0.1, 0.15) is 18.4 Å². The van der Waals surface area contributed by atoms with Gasteiger partial charge in [0, 0.05) is 19.6 Å². The highest BCUT2D eigenvalue weighted by molar-refractivity contribution is 7.90. The van der Waals surface area contributed by atoms with Crippen LogP contribution in [0.5, 0.6) is 0 Å². The first-order chi connectivity index (χ1) is 8.13. The Morgan fingerprint density at radius 2 is 1.88 bits per heavy atom. The molecule has 0 spiro atoms. The van der Waals surface area contributed by atoms with Gasteiger partial charge in [0.2, 0.25) is 0 Å². The molecule has 1 heterocycles. The Hall–Kier alpha value is -1.11. The summed E-state index contributed by atoms with van der Waals surface area (Å²) in [5.41, 5.74) is 6.95. The minimum absolute atomic E-state index is 0.318. The lowest BCUT2D eigenvalue weighted by atomic mass is 10.2. The third-order valence-electron chi connectivity index (χ3n) is 2.88. The molecule has 0 amide bonds. The first-order valence-corrected chi connectivity index (χ1v) is 7.13. The molecule has 0 aromatic heterocycles. The second-order valence-corrected chi connectivity index (χ2v) is 5.75. The molecular formula is C11H17N3O2S. The fourth-order valence-electron chi connectivity index (χ4n) is 1.93. The fourth-order valence-corrected chi connectivity index (χ4v) is 3.27. The normalized spacial score (nSPS) is 17.2. The van der Waals surface area contributed by atoms with Crippen LogP contribution in [0.4, 0.5) is 5.69 Å². The van der Waals surface area contributed by atoms with E-state index in [0.29, 0.717) is 25.3 Å². The van der Waals surface area contributed by atoms with Gasteiger partial charge in [0.05, 0.1) is 5.69 Å². The monoisotopic (exact) mass is 255 g/mol. The molecule has 1 aromatic rings. The molecule has 1 aliphatic heterocycles. The van der Waals surface area contributed by atoms with E-state index in [1.807, 2.05) is 12.1 Å². The van der Waals surface area contributed by atoms with Crippen LogP contribution >= 0.6 is 0 Å². The highest BCUT2D eigenvalue weighted by atomic mass is 32.2. The predicted molar refractivity (Wildman–Crippen MR) is 67.7 cm³/mol. The maximum absolute atomic E-state index is 12.0. The Kier molecular flexibility index (Phi) is 3.66. The van der Waals surface area contributed by atoms with Crippen molar-refractivity contribution in [2.24, 2.45) is 5.73 Å². The van der Waals surface area contributed by atoms with Crippen LogP contribution in [0.25, 0.3) is 0 Å². The number of rotatable bonds is 4. The average Bonchev–Trinajstić information content (AvgIpc) is 2.83. The Labute approximate surface area is 102 Å². The van der Waals surface area contributed by atoms with Crippen LogP contribution in [0.2, 0.25) is 0 Å². The molecule has 1 aliphatic rings. The zero-order valence-corrected chi connectivity index (χ0v) is 10.4. The lowest BCUT2D eigenvalue weighted by Gasteiger charge is -2.18. The van der Waals surface area contributed by atoms with Crippen molar-refractivity contribution in [3.63, 3.8) is 0 Å². The average molecular weight is 255 g/mol. The van der Waals surface area contributed by atoms with Crippen molar-refractivity contribution < 1.29 is 8.42 Å². The third-order valence-corrected chi connectivity index (χ3v) is 4.40. The van der Waals surface area contributed by atoms with E-state index in [4.69, 9.17) is 5.73 Å². The largest absolute Gasteiger partial charge is 0.326 e. The van der Waals surface area contributed by atoms with Crippen molar-refractivity contribution in [2.75, 3.05) is 17.8 Å². The number of hydrogen-bond acceptors (Lipinski definition) is 3. The van der Waals surface area contributed by atoms with Gasteiger partial charge in [-0.2, -0.15) is 12.7 Å². The molecule has 17 heavy (non-hydrogen) atoms. The van der Waals surface area contributed by atoms with Gasteiger partial charge in [-0.25, -0.2) is 0 Å². The van der Waals surface area contributed by atoms with Gasteiger partial charge in [0.1, 0.15) is 0 Å². The van der Waals surface area contributed by atoms with E-state index in [1.54, 1.807) is 12.1 Å².